The first-order valence-electron chi connectivity index (χ1n) is 7.02. The van der Waals surface area contributed by atoms with Crippen molar-refractivity contribution in [2.75, 3.05) is 7.11 Å². The molecule has 0 saturated carbocycles. The lowest BCUT2D eigenvalue weighted by atomic mass is 9.87. The molecule has 0 saturated heterocycles. The minimum Gasteiger partial charge on any atom is -0.495 e. The summed E-state index contributed by atoms with van der Waals surface area (Å²) in [5, 5.41) is 0.288. The Morgan fingerprint density at radius 3 is 2.13 bits per heavy atom. The van der Waals surface area contributed by atoms with Crippen molar-refractivity contribution < 1.29 is 17.3 Å². The molecule has 0 N–H and O–H groups in total. The highest BCUT2D eigenvalue weighted by molar-refractivity contribution is 7.87. The molecular formula is C17H19ClO4S. The molecule has 23 heavy (non-hydrogen) atoms. The van der Waals surface area contributed by atoms with Crippen LogP contribution in [0.25, 0.3) is 0 Å². The van der Waals surface area contributed by atoms with Gasteiger partial charge in [-0.25, -0.2) is 0 Å². The lowest BCUT2D eigenvalue weighted by molar-refractivity contribution is 0.398. The third-order valence-corrected chi connectivity index (χ3v) is 4.83. The summed E-state index contributed by atoms with van der Waals surface area (Å²) in [5.41, 5.74) is 1.07. The lowest BCUT2D eigenvalue weighted by Crippen LogP contribution is -2.13. The van der Waals surface area contributed by atoms with Gasteiger partial charge in [-0.2, -0.15) is 8.42 Å². The van der Waals surface area contributed by atoms with Crippen molar-refractivity contribution in [3.63, 3.8) is 0 Å². The highest BCUT2D eigenvalue weighted by Crippen LogP contribution is 2.30. The van der Waals surface area contributed by atoms with E-state index < -0.39 is 10.1 Å². The van der Waals surface area contributed by atoms with E-state index in [1.54, 1.807) is 18.2 Å². The zero-order valence-corrected chi connectivity index (χ0v) is 15.0. The van der Waals surface area contributed by atoms with Crippen LogP contribution in [-0.2, 0) is 15.5 Å². The Morgan fingerprint density at radius 1 is 1.00 bits per heavy atom. The van der Waals surface area contributed by atoms with E-state index in [1.807, 2.05) is 12.1 Å². The van der Waals surface area contributed by atoms with Crippen molar-refractivity contribution in [3.8, 4) is 11.5 Å². The van der Waals surface area contributed by atoms with Crippen LogP contribution in [0, 0.1) is 0 Å². The van der Waals surface area contributed by atoms with Gasteiger partial charge in [0.2, 0.25) is 0 Å². The molecule has 0 aliphatic heterocycles. The van der Waals surface area contributed by atoms with Gasteiger partial charge in [0, 0.05) is 5.02 Å². The van der Waals surface area contributed by atoms with E-state index >= 15 is 0 Å². The zero-order valence-electron chi connectivity index (χ0n) is 13.5. The van der Waals surface area contributed by atoms with E-state index in [2.05, 4.69) is 20.8 Å². The summed E-state index contributed by atoms with van der Waals surface area (Å²) in [7, 11) is -2.65. The fourth-order valence-electron chi connectivity index (χ4n) is 2.03. The van der Waals surface area contributed by atoms with Gasteiger partial charge in [-0.1, -0.05) is 44.5 Å². The van der Waals surface area contributed by atoms with Gasteiger partial charge in [-0.3, -0.25) is 0 Å². The quantitative estimate of drug-likeness (QED) is 0.763. The van der Waals surface area contributed by atoms with Crippen LogP contribution in [-0.4, -0.2) is 15.5 Å². The fourth-order valence-corrected chi connectivity index (χ4v) is 3.39. The number of rotatable bonds is 4. The molecule has 6 heteroatoms. The number of hydrogen-bond acceptors (Lipinski definition) is 4. The molecule has 2 aromatic rings. The normalized spacial score (nSPS) is 12.0. The van der Waals surface area contributed by atoms with E-state index in [9.17, 15) is 8.42 Å². The van der Waals surface area contributed by atoms with Crippen LogP contribution in [0.2, 0.25) is 5.02 Å². The van der Waals surface area contributed by atoms with Gasteiger partial charge in [0.05, 0.1) is 7.11 Å². The number of benzene rings is 2. The summed E-state index contributed by atoms with van der Waals surface area (Å²) in [4.78, 5) is -0.104. The SMILES string of the molecule is COc1ccc(Cl)cc1S(=O)(=O)Oc1ccc(C(C)(C)C)cc1. The minimum atomic E-state index is -4.04. The second-order valence-electron chi connectivity index (χ2n) is 6.11. The molecule has 0 aromatic heterocycles. The maximum Gasteiger partial charge on any atom is 0.342 e. The molecule has 0 bridgehead atoms. The first kappa shape index (κ1) is 17.6. The van der Waals surface area contributed by atoms with Crippen LogP contribution in [0.4, 0.5) is 0 Å². The zero-order chi connectivity index (χ0) is 17.3. The molecule has 0 heterocycles. The smallest absolute Gasteiger partial charge is 0.342 e. The molecule has 0 spiro atoms. The summed E-state index contributed by atoms with van der Waals surface area (Å²) < 4.78 is 35.2. The lowest BCUT2D eigenvalue weighted by Gasteiger charge is -2.19. The number of hydrogen-bond donors (Lipinski definition) is 0. The highest BCUT2D eigenvalue weighted by Gasteiger charge is 2.23. The van der Waals surface area contributed by atoms with Crippen LogP contribution >= 0.6 is 11.6 Å². The summed E-state index contributed by atoms with van der Waals surface area (Å²) in [6, 6.07) is 11.3. The maximum atomic E-state index is 12.5. The third kappa shape index (κ3) is 4.18. The molecule has 0 amide bonds. The molecule has 0 aliphatic carbocycles. The first-order chi connectivity index (χ1) is 10.6. The van der Waals surface area contributed by atoms with Gasteiger partial charge in [-0.15, -0.1) is 0 Å². The second kappa shape index (κ2) is 6.42. The number of ether oxygens (including phenoxy) is 1. The van der Waals surface area contributed by atoms with Crippen LogP contribution in [0.3, 0.4) is 0 Å². The fraction of sp³-hybridized carbons (Fsp3) is 0.294. The van der Waals surface area contributed by atoms with Crippen molar-refractivity contribution in [1.29, 1.82) is 0 Å². The molecule has 4 nitrogen and oxygen atoms in total. The molecule has 2 rings (SSSR count). The second-order valence-corrected chi connectivity index (χ2v) is 8.06. The molecule has 0 aliphatic rings. The van der Waals surface area contributed by atoms with Crippen LogP contribution < -0.4 is 8.92 Å². The Morgan fingerprint density at radius 2 is 1.61 bits per heavy atom. The molecule has 0 radical (unpaired) electrons. The van der Waals surface area contributed by atoms with Gasteiger partial charge in [0.15, 0.2) is 0 Å². The standard InChI is InChI=1S/C17H19ClO4S/c1-17(2,3)12-5-8-14(9-6-12)22-23(19,20)16-11-13(18)7-10-15(16)21-4/h5-11H,1-4H3. The highest BCUT2D eigenvalue weighted by atomic mass is 35.5. The summed E-state index contributed by atoms with van der Waals surface area (Å²) in [6.45, 7) is 6.24. The molecule has 0 fully saturated rings. The van der Waals surface area contributed by atoms with E-state index in [0.29, 0.717) is 0 Å². The molecule has 2 aromatic carbocycles. The third-order valence-electron chi connectivity index (χ3n) is 3.32. The maximum absolute atomic E-state index is 12.5. The Hall–Kier alpha value is -1.72. The Balaban J connectivity index is 2.34. The Labute approximate surface area is 142 Å². The van der Waals surface area contributed by atoms with E-state index in [0.717, 1.165) is 5.56 Å². The Kier molecular flexibility index (Phi) is 4.92. The average Bonchev–Trinajstić information content (AvgIpc) is 2.46. The van der Waals surface area contributed by atoms with E-state index in [1.165, 1.54) is 19.2 Å². The minimum absolute atomic E-state index is 0.0203. The molecule has 0 atom stereocenters. The van der Waals surface area contributed by atoms with Crippen LogP contribution in [0.1, 0.15) is 26.3 Å². The van der Waals surface area contributed by atoms with Crippen molar-refractivity contribution in [2.45, 2.75) is 31.1 Å². The summed E-state index contributed by atoms with van der Waals surface area (Å²) in [5.74, 6) is 0.417. The van der Waals surface area contributed by atoms with Gasteiger partial charge in [0.1, 0.15) is 16.4 Å². The van der Waals surface area contributed by atoms with E-state index in [4.69, 9.17) is 20.5 Å². The van der Waals surface area contributed by atoms with Crippen molar-refractivity contribution >= 4 is 21.7 Å². The largest absolute Gasteiger partial charge is 0.495 e. The predicted octanol–water partition coefficient (Wildman–Crippen LogP) is 4.41. The summed E-state index contributed by atoms with van der Waals surface area (Å²) >= 11 is 5.88. The average molecular weight is 355 g/mol. The number of halogens is 1. The molecule has 124 valence electrons. The van der Waals surface area contributed by atoms with Gasteiger partial charge in [-0.05, 0) is 41.3 Å². The van der Waals surface area contributed by atoms with Gasteiger partial charge < -0.3 is 8.92 Å². The van der Waals surface area contributed by atoms with Gasteiger partial charge >= 0.3 is 10.1 Å². The predicted molar refractivity (Wildman–Crippen MR) is 91.0 cm³/mol. The van der Waals surface area contributed by atoms with Crippen molar-refractivity contribution in [3.05, 3.63) is 53.1 Å². The summed E-state index contributed by atoms with van der Waals surface area (Å²) in [6.07, 6.45) is 0. The molecule has 0 unspecified atom stereocenters. The van der Waals surface area contributed by atoms with Gasteiger partial charge in [0.25, 0.3) is 0 Å². The van der Waals surface area contributed by atoms with Crippen LogP contribution in [0.15, 0.2) is 47.4 Å². The van der Waals surface area contributed by atoms with E-state index in [-0.39, 0.29) is 26.8 Å². The Bertz CT molecular complexity index is 790. The topological polar surface area (TPSA) is 52.6 Å². The van der Waals surface area contributed by atoms with Crippen molar-refractivity contribution in [2.24, 2.45) is 0 Å². The molecular weight excluding hydrogens is 336 g/mol. The number of methoxy groups -OCH3 is 1. The van der Waals surface area contributed by atoms with Crippen molar-refractivity contribution in [1.82, 2.24) is 0 Å². The first-order valence-corrected chi connectivity index (χ1v) is 8.81. The monoisotopic (exact) mass is 354 g/mol. The van der Waals surface area contributed by atoms with Crippen LogP contribution in [0.5, 0.6) is 11.5 Å².